The number of nitrogens with one attached hydrogen (secondary N) is 2. The molecule has 0 radical (unpaired) electrons. The molecule has 0 bridgehead atoms. The minimum atomic E-state index is -0.593. The lowest BCUT2D eigenvalue weighted by molar-refractivity contribution is -0.704. The highest BCUT2D eigenvalue weighted by Gasteiger charge is 2.31. The van der Waals surface area contributed by atoms with E-state index in [0.717, 1.165) is 22.2 Å². The van der Waals surface area contributed by atoms with Gasteiger partial charge in [-0.15, -0.1) is 11.3 Å². The van der Waals surface area contributed by atoms with Crippen LogP contribution in [0.5, 0.6) is 0 Å². The van der Waals surface area contributed by atoms with Crippen LogP contribution < -0.4 is 15.6 Å². The van der Waals surface area contributed by atoms with Crippen LogP contribution in [0.3, 0.4) is 0 Å². The van der Waals surface area contributed by atoms with E-state index in [1.165, 1.54) is 22.9 Å². The summed E-state index contributed by atoms with van der Waals surface area (Å²) in [7, 11) is 0. The molecule has 1 aliphatic heterocycles. The third-order valence-electron chi connectivity index (χ3n) is 5.20. The SMILES string of the molecule is CCOC(=O)c1c(NC(=O)CSc2c(=O)o[nH][n+]2-c2ccccc2)sc2c1CCN(C(C)=O)C2. The Hall–Kier alpha value is -3.38. The monoisotopic (exact) mass is 503 g/mol. The molecule has 1 aromatic carbocycles. The van der Waals surface area contributed by atoms with Crippen LogP contribution in [0.1, 0.15) is 34.6 Å². The topological polar surface area (TPSA) is 126 Å². The molecular weight excluding hydrogens is 480 g/mol. The largest absolute Gasteiger partial charge is 0.462 e. The molecule has 2 amide bonds. The number of ether oxygens (including phenoxy) is 1. The van der Waals surface area contributed by atoms with Crippen LogP contribution >= 0.6 is 23.1 Å². The highest BCUT2D eigenvalue weighted by Crippen LogP contribution is 2.37. The standard InChI is InChI=1S/C22H22N4O6S2/c1-3-31-21(29)18-15-9-10-25(13(2)27)11-16(15)34-19(18)23-17(28)12-33-20-22(30)32-24-26(20)14-7-5-4-6-8-14/h4-8H,3,9-12H2,1-2H3,(H-,23,24,28,29,30)/p+1. The Morgan fingerprint density at radius 3 is 2.76 bits per heavy atom. The molecule has 0 unspecified atom stereocenters. The van der Waals surface area contributed by atoms with Crippen molar-refractivity contribution in [3.05, 3.63) is 56.8 Å². The molecule has 0 saturated carbocycles. The number of carbonyl (C=O) groups is 3. The number of carbonyl (C=O) groups excluding carboxylic acids is 3. The van der Waals surface area contributed by atoms with Crippen LogP contribution in [0.15, 0.2) is 44.7 Å². The number of H-pyrrole nitrogens is 1. The van der Waals surface area contributed by atoms with Crippen molar-refractivity contribution in [2.45, 2.75) is 31.8 Å². The van der Waals surface area contributed by atoms with E-state index in [1.54, 1.807) is 24.0 Å². The number of thioether (sulfide) groups is 1. The first-order valence-corrected chi connectivity index (χ1v) is 12.4. The molecule has 1 aliphatic rings. The van der Waals surface area contributed by atoms with Gasteiger partial charge in [-0.25, -0.2) is 9.59 Å². The molecule has 178 valence electrons. The second-order valence-corrected chi connectivity index (χ2v) is 9.48. The summed E-state index contributed by atoms with van der Waals surface area (Å²) in [5, 5.41) is 5.93. The lowest BCUT2D eigenvalue weighted by Gasteiger charge is -2.25. The van der Waals surface area contributed by atoms with Gasteiger partial charge in [-0.2, -0.15) is 0 Å². The zero-order chi connectivity index (χ0) is 24.2. The molecule has 12 heteroatoms. The predicted octanol–water partition coefficient (Wildman–Crippen LogP) is 2.12. The van der Waals surface area contributed by atoms with E-state index < -0.39 is 17.5 Å². The van der Waals surface area contributed by atoms with Gasteiger partial charge < -0.3 is 15.0 Å². The molecule has 0 saturated heterocycles. The molecule has 34 heavy (non-hydrogen) atoms. The minimum absolute atomic E-state index is 0.0456. The van der Waals surface area contributed by atoms with Crippen LogP contribution in [-0.4, -0.2) is 46.9 Å². The minimum Gasteiger partial charge on any atom is -0.462 e. The fourth-order valence-corrected chi connectivity index (χ4v) is 5.65. The first kappa shape index (κ1) is 23.8. The maximum absolute atomic E-state index is 12.8. The molecule has 4 rings (SSSR count). The number of amides is 2. The van der Waals surface area contributed by atoms with E-state index in [1.807, 2.05) is 18.2 Å². The fourth-order valence-electron chi connectivity index (χ4n) is 3.61. The van der Waals surface area contributed by atoms with Crippen molar-refractivity contribution in [1.82, 2.24) is 10.2 Å². The highest BCUT2D eigenvalue weighted by atomic mass is 32.2. The van der Waals surface area contributed by atoms with Crippen molar-refractivity contribution in [2.75, 3.05) is 24.2 Å². The quantitative estimate of drug-likeness (QED) is 0.287. The Labute approximate surface area is 202 Å². The summed E-state index contributed by atoms with van der Waals surface area (Å²) in [5.74, 6) is -1.03. The van der Waals surface area contributed by atoms with Crippen molar-refractivity contribution in [3.8, 4) is 5.69 Å². The Kier molecular flexibility index (Phi) is 7.17. The van der Waals surface area contributed by atoms with Gasteiger partial charge in [0.15, 0.2) is 0 Å². The van der Waals surface area contributed by atoms with E-state index in [2.05, 4.69) is 10.6 Å². The smallest absolute Gasteiger partial charge is 0.442 e. The molecule has 0 fully saturated rings. The van der Waals surface area contributed by atoms with E-state index in [4.69, 9.17) is 9.26 Å². The normalized spacial score (nSPS) is 12.8. The Bertz CT molecular complexity index is 1280. The van der Waals surface area contributed by atoms with Crippen LogP contribution in [0, 0.1) is 0 Å². The predicted molar refractivity (Wildman–Crippen MR) is 125 cm³/mol. The second-order valence-electron chi connectivity index (χ2n) is 7.41. The van der Waals surface area contributed by atoms with Gasteiger partial charge in [0, 0.05) is 30.5 Å². The van der Waals surface area contributed by atoms with Crippen molar-refractivity contribution in [2.24, 2.45) is 0 Å². The average Bonchev–Trinajstić information content (AvgIpc) is 3.37. The average molecular weight is 504 g/mol. The van der Waals surface area contributed by atoms with Crippen molar-refractivity contribution in [1.29, 1.82) is 0 Å². The maximum atomic E-state index is 12.8. The summed E-state index contributed by atoms with van der Waals surface area (Å²) < 4.78 is 11.6. The number of hydrogen-bond acceptors (Lipinski definition) is 8. The summed E-state index contributed by atoms with van der Waals surface area (Å²) in [6, 6.07) is 9.07. The zero-order valence-corrected chi connectivity index (χ0v) is 20.2. The number of anilines is 1. The number of thiophene rings is 1. The van der Waals surface area contributed by atoms with Gasteiger partial charge in [-0.05, 0) is 40.6 Å². The zero-order valence-electron chi connectivity index (χ0n) is 18.6. The Balaban J connectivity index is 1.53. The molecule has 0 aliphatic carbocycles. The highest BCUT2D eigenvalue weighted by molar-refractivity contribution is 7.99. The van der Waals surface area contributed by atoms with Crippen LogP contribution in [0.4, 0.5) is 5.00 Å². The fraction of sp³-hybridized carbons (Fsp3) is 0.318. The number of aromatic nitrogens is 2. The van der Waals surface area contributed by atoms with Crippen LogP contribution in [-0.2, 0) is 27.3 Å². The van der Waals surface area contributed by atoms with Gasteiger partial charge in [-0.3, -0.25) is 14.1 Å². The van der Waals surface area contributed by atoms with Gasteiger partial charge in [0.05, 0.1) is 24.5 Å². The number of aromatic amines is 1. The summed E-state index contributed by atoms with van der Waals surface area (Å²) in [5.41, 5.74) is 1.23. The number of rotatable bonds is 7. The molecule has 0 atom stereocenters. The summed E-state index contributed by atoms with van der Waals surface area (Å²) in [4.78, 5) is 52.0. The number of fused-ring (bicyclic) bond motifs is 1. The van der Waals surface area contributed by atoms with E-state index in [0.29, 0.717) is 35.8 Å². The van der Waals surface area contributed by atoms with Gasteiger partial charge in [-0.1, -0.05) is 18.2 Å². The van der Waals surface area contributed by atoms with Gasteiger partial charge in [0.2, 0.25) is 17.5 Å². The molecule has 2 aromatic heterocycles. The number of esters is 1. The van der Waals surface area contributed by atoms with Gasteiger partial charge in [0.25, 0.3) is 0 Å². The lowest BCUT2D eigenvalue weighted by atomic mass is 10.0. The number of para-hydroxylation sites is 1. The number of nitrogens with zero attached hydrogens (tertiary/aromatic N) is 2. The van der Waals surface area contributed by atoms with Crippen molar-refractivity contribution >= 4 is 45.9 Å². The summed E-state index contributed by atoms with van der Waals surface area (Å²) >= 11 is 2.28. The third-order valence-corrected chi connectivity index (χ3v) is 7.36. The van der Waals surface area contributed by atoms with E-state index in [9.17, 15) is 19.2 Å². The third kappa shape index (κ3) is 4.92. The Morgan fingerprint density at radius 2 is 2.06 bits per heavy atom. The Morgan fingerprint density at radius 1 is 1.29 bits per heavy atom. The summed E-state index contributed by atoms with van der Waals surface area (Å²) in [6.45, 7) is 4.30. The van der Waals surface area contributed by atoms with E-state index in [-0.39, 0.29) is 23.3 Å². The number of benzene rings is 1. The maximum Gasteiger partial charge on any atom is 0.442 e. The van der Waals surface area contributed by atoms with Crippen molar-refractivity contribution in [3.63, 3.8) is 0 Å². The first-order chi connectivity index (χ1) is 16.4. The van der Waals surface area contributed by atoms with E-state index >= 15 is 0 Å². The van der Waals surface area contributed by atoms with Crippen LogP contribution in [0.2, 0.25) is 0 Å². The summed E-state index contributed by atoms with van der Waals surface area (Å²) in [6.07, 6.45) is 0.506. The molecule has 3 heterocycles. The molecular formula is C22H23N4O6S2+. The van der Waals surface area contributed by atoms with Gasteiger partial charge >= 0.3 is 16.6 Å². The molecule has 0 spiro atoms. The molecule has 3 aromatic rings. The molecule has 2 N–H and O–H groups in total. The van der Waals surface area contributed by atoms with Crippen LogP contribution in [0.25, 0.3) is 5.69 Å². The number of hydrogen-bond donors (Lipinski definition) is 2. The first-order valence-electron chi connectivity index (χ1n) is 10.6. The lowest BCUT2D eigenvalue weighted by Crippen LogP contribution is -2.36. The van der Waals surface area contributed by atoms with Gasteiger partial charge in [0.1, 0.15) is 5.00 Å². The second kappa shape index (κ2) is 10.3. The van der Waals surface area contributed by atoms with Crippen molar-refractivity contribution < 1.29 is 28.3 Å². The molecule has 10 nitrogen and oxygen atoms in total.